The molecule has 0 saturated carbocycles. The van der Waals surface area contributed by atoms with E-state index < -0.39 is 5.97 Å². The number of fused-ring (bicyclic) bond motifs is 1. The fourth-order valence-electron chi connectivity index (χ4n) is 4.40. The zero-order valence-electron chi connectivity index (χ0n) is 19.2. The molecule has 1 aromatic carbocycles. The van der Waals surface area contributed by atoms with Crippen molar-refractivity contribution in [3.05, 3.63) is 39.1 Å². The molecule has 0 unspecified atom stereocenters. The minimum absolute atomic E-state index is 0.141. The van der Waals surface area contributed by atoms with Crippen LogP contribution in [0.2, 0.25) is 0 Å². The van der Waals surface area contributed by atoms with Crippen LogP contribution >= 0.6 is 0 Å². The summed E-state index contributed by atoms with van der Waals surface area (Å²) in [5.74, 6) is -0.759. The third-order valence-corrected chi connectivity index (χ3v) is 6.46. The van der Waals surface area contributed by atoms with E-state index in [9.17, 15) is 19.9 Å². The predicted molar refractivity (Wildman–Crippen MR) is 118 cm³/mol. The molecule has 1 N–H and O–H groups in total. The number of piperidine rings is 1. The number of phenolic OH excluding ortho intramolecular Hbond substituents is 1. The number of hydroxylamine groups is 3. The number of likely N-dealkylation sites (tertiary alicyclic amines) is 1. The van der Waals surface area contributed by atoms with Crippen molar-refractivity contribution in [1.82, 2.24) is 0 Å². The van der Waals surface area contributed by atoms with Crippen molar-refractivity contribution in [1.29, 1.82) is 0 Å². The third-order valence-electron chi connectivity index (χ3n) is 6.46. The molecule has 8 heteroatoms. The highest BCUT2D eigenvalue weighted by Crippen LogP contribution is 2.42. The first-order valence-corrected chi connectivity index (χ1v) is 11.2. The van der Waals surface area contributed by atoms with Crippen molar-refractivity contribution in [2.75, 3.05) is 33.4 Å². The normalized spacial score (nSPS) is 17.6. The van der Waals surface area contributed by atoms with Crippen LogP contribution in [0.15, 0.2) is 11.6 Å². The van der Waals surface area contributed by atoms with Crippen LogP contribution in [0, 0.1) is 12.1 Å². The van der Waals surface area contributed by atoms with Gasteiger partial charge in [0.05, 0.1) is 20.2 Å². The van der Waals surface area contributed by atoms with E-state index in [1.165, 1.54) is 7.11 Å². The number of benzene rings is 1. The van der Waals surface area contributed by atoms with Crippen molar-refractivity contribution in [2.24, 2.45) is 0 Å². The van der Waals surface area contributed by atoms with Crippen LogP contribution in [0.5, 0.6) is 11.5 Å². The van der Waals surface area contributed by atoms with E-state index >= 15 is 0 Å². The molecule has 0 radical (unpaired) electrons. The average molecular weight is 448 g/mol. The first-order chi connectivity index (χ1) is 15.3. The molecule has 2 heterocycles. The van der Waals surface area contributed by atoms with Crippen molar-refractivity contribution < 1.29 is 33.6 Å². The number of ether oxygens (including phenoxy) is 3. The molecule has 0 aromatic heterocycles. The van der Waals surface area contributed by atoms with Crippen LogP contribution in [0.4, 0.5) is 0 Å². The maximum atomic E-state index is 12.5. The van der Waals surface area contributed by atoms with Crippen LogP contribution in [0.3, 0.4) is 0 Å². The SMILES string of the molecule is COc1c(O)c2c(c(C)c1C/C=C(\C)CCC(=O)OCC[N+]1([O-])CCCCC1)COC2=O. The summed E-state index contributed by atoms with van der Waals surface area (Å²) in [5, 5.41) is 23.0. The maximum absolute atomic E-state index is 12.5. The molecule has 176 valence electrons. The van der Waals surface area contributed by atoms with E-state index in [1.54, 1.807) is 0 Å². The molecule has 0 atom stereocenters. The number of phenols is 1. The number of allylic oxidation sites excluding steroid dienone is 2. The van der Waals surface area contributed by atoms with Gasteiger partial charge in [0, 0.05) is 17.5 Å². The Balaban J connectivity index is 1.53. The molecule has 2 aliphatic heterocycles. The monoisotopic (exact) mass is 447 g/mol. The van der Waals surface area contributed by atoms with E-state index in [-0.39, 0.29) is 47.3 Å². The molecule has 1 aromatic rings. The van der Waals surface area contributed by atoms with Gasteiger partial charge in [0.2, 0.25) is 0 Å². The Kier molecular flexibility index (Phi) is 7.79. The number of quaternary nitrogens is 1. The fourth-order valence-corrected chi connectivity index (χ4v) is 4.40. The van der Waals surface area contributed by atoms with Gasteiger partial charge in [-0.05, 0) is 51.5 Å². The molecular formula is C24H33NO7. The summed E-state index contributed by atoms with van der Waals surface area (Å²) in [6.45, 7) is 5.67. The Bertz CT molecular complexity index is 900. The molecule has 1 fully saturated rings. The predicted octanol–water partition coefficient (Wildman–Crippen LogP) is 3.69. The zero-order valence-corrected chi connectivity index (χ0v) is 19.2. The van der Waals surface area contributed by atoms with E-state index in [1.807, 2.05) is 19.9 Å². The lowest BCUT2D eigenvalue weighted by atomic mass is 9.93. The smallest absolute Gasteiger partial charge is 0.342 e. The highest BCUT2D eigenvalue weighted by atomic mass is 16.6. The van der Waals surface area contributed by atoms with Crippen LogP contribution in [0.25, 0.3) is 0 Å². The van der Waals surface area contributed by atoms with Crippen LogP contribution in [-0.4, -0.2) is 55.0 Å². The molecular weight excluding hydrogens is 414 g/mol. The molecule has 0 aliphatic carbocycles. The lowest BCUT2D eigenvalue weighted by Crippen LogP contribution is -2.48. The highest BCUT2D eigenvalue weighted by Gasteiger charge is 2.32. The van der Waals surface area contributed by atoms with Crippen LogP contribution < -0.4 is 4.74 Å². The second-order valence-corrected chi connectivity index (χ2v) is 8.68. The molecule has 1 saturated heterocycles. The minimum atomic E-state index is -0.541. The number of carbonyl (C=O) groups excluding carboxylic acids is 2. The number of hydrogen-bond acceptors (Lipinski definition) is 7. The Morgan fingerprint density at radius 3 is 2.66 bits per heavy atom. The molecule has 8 nitrogen and oxygen atoms in total. The van der Waals surface area contributed by atoms with Crippen LogP contribution in [0.1, 0.15) is 66.1 Å². The molecule has 2 aliphatic rings. The van der Waals surface area contributed by atoms with E-state index in [2.05, 4.69) is 0 Å². The lowest BCUT2D eigenvalue weighted by Gasteiger charge is -2.45. The number of esters is 2. The van der Waals surface area contributed by atoms with Gasteiger partial charge in [0.25, 0.3) is 0 Å². The van der Waals surface area contributed by atoms with Gasteiger partial charge in [-0.25, -0.2) is 4.79 Å². The first-order valence-electron chi connectivity index (χ1n) is 11.2. The molecule has 32 heavy (non-hydrogen) atoms. The second kappa shape index (κ2) is 10.4. The Morgan fingerprint density at radius 1 is 1.25 bits per heavy atom. The highest BCUT2D eigenvalue weighted by molar-refractivity contribution is 5.98. The topological polar surface area (TPSA) is 105 Å². The van der Waals surface area contributed by atoms with Crippen molar-refractivity contribution in [3.63, 3.8) is 0 Å². The molecule has 0 amide bonds. The third kappa shape index (κ3) is 5.42. The average Bonchev–Trinajstić information content (AvgIpc) is 3.16. The van der Waals surface area contributed by atoms with Gasteiger partial charge in [0.15, 0.2) is 11.5 Å². The van der Waals surface area contributed by atoms with Crippen molar-refractivity contribution in [3.8, 4) is 11.5 Å². The number of cyclic esters (lactones) is 1. The second-order valence-electron chi connectivity index (χ2n) is 8.68. The molecule has 0 spiro atoms. The molecule has 3 rings (SSSR count). The number of rotatable bonds is 9. The molecule has 0 bridgehead atoms. The summed E-state index contributed by atoms with van der Waals surface area (Å²) in [6.07, 6.45) is 6.24. The lowest BCUT2D eigenvalue weighted by molar-refractivity contribution is -0.885. The summed E-state index contributed by atoms with van der Waals surface area (Å²) < 4.78 is 15.5. The van der Waals surface area contributed by atoms with E-state index in [0.717, 1.165) is 36.0 Å². The number of aromatic hydroxyl groups is 1. The Morgan fingerprint density at radius 2 is 1.97 bits per heavy atom. The van der Waals surface area contributed by atoms with Gasteiger partial charge in [-0.1, -0.05) is 11.6 Å². The van der Waals surface area contributed by atoms with Gasteiger partial charge in [0.1, 0.15) is 25.3 Å². The van der Waals surface area contributed by atoms with Crippen LogP contribution in [-0.2, 0) is 27.3 Å². The zero-order chi connectivity index (χ0) is 23.3. The summed E-state index contributed by atoms with van der Waals surface area (Å²) >= 11 is 0. The Hall–Kier alpha value is -2.58. The number of methoxy groups -OCH3 is 1. The largest absolute Gasteiger partial charge is 0.633 e. The van der Waals surface area contributed by atoms with Gasteiger partial charge < -0.3 is 29.2 Å². The number of carbonyl (C=O) groups is 2. The Labute approximate surface area is 188 Å². The van der Waals surface area contributed by atoms with Gasteiger partial charge in [-0.3, -0.25) is 4.79 Å². The van der Waals surface area contributed by atoms with Gasteiger partial charge in [-0.15, -0.1) is 0 Å². The summed E-state index contributed by atoms with van der Waals surface area (Å²) in [5.41, 5.74) is 3.51. The number of hydrogen-bond donors (Lipinski definition) is 1. The van der Waals surface area contributed by atoms with Gasteiger partial charge >= 0.3 is 11.9 Å². The quantitative estimate of drug-likeness (QED) is 0.266. The maximum Gasteiger partial charge on any atom is 0.342 e. The van der Waals surface area contributed by atoms with Crippen molar-refractivity contribution >= 4 is 11.9 Å². The summed E-state index contributed by atoms with van der Waals surface area (Å²) in [6, 6.07) is 0. The van der Waals surface area contributed by atoms with E-state index in [0.29, 0.717) is 38.0 Å². The summed E-state index contributed by atoms with van der Waals surface area (Å²) in [7, 11) is 1.45. The standard InChI is InChI=1S/C24H33NO7/c1-16(8-10-20(26)31-14-13-25(29)11-5-4-6-12-25)7-9-18-17(2)19-15-32-24(28)21(19)22(27)23(18)30-3/h7,27H,4-6,8-15H2,1-3H3/b16-7+. The minimum Gasteiger partial charge on any atom is -0.633 e. The number of nitrogens with zero attached hydrogens (tertiary/aromatic N) is 1. The fraction of sp³-hybridized carbons (Fsp3) is 0.583. The van der Waals surface area contributed by atoms with Crippen molar-refractivity contribution in [2.45, 2.75) is 59.0 Å². The first kappa shape index (κ1) is 24.1. The van der Waals surface area contributed by atoms with E-state index in [4.69, 9.17) is 14.2 Å². The van der Waals surface area contributed by atoms with Gasteiger partial charge in [-0.2, -0.15) is 0 Å². The summed E-state index contributed by atoms with van der Waals surface area (Å²) in [4.78, 5) is 24.0.